The fourth-order valence-corrected chi connectivity index (χ4v) is 1.91. The summed E-state index contributed by atoms with van der Waals surface area (Å²) in [6, 6.07) is 0. The number of anilines is 1. The number of hydrogen-bond donors (Lipinski definition) is 1. The Kier molecular flexibility index (Phi) is 3.75. The Hall–Kier alpha value is -1.02. The first-order chi connectivity index (χ1) is 7.00. The highest BCUT2D eigenvalue weighted by Crippen LogP contribution is 2.29. The second-order valence-electron chi connectivity index (χ2n) is 4.11. The lowest BCUT2D eigenvalue weighted by atomic mass is 9.93. The van der Waals surface area contributed by atoms with E-state index in [4.69, 9.17) is 4.74 Å². The Balaban J connectivity index is 3.26. The standard InChI is InChI=1S/C13H21NO/c1-8-9(2)11(4)13(14-7-15-6)12(5)10(8)3/h14H,7H2,1-6H3. The van der Waals surface area contributed by atoms with Crippen LogP contribution in [0.4, 0.5) is 5.69 Å². The van der Waals surface area contributed by atoms with Crippen molar-refractivity contribution in [1.29, 1.82) is 0 Å². The van der Waals surface area contributed by atoms with Crippen molar-refractivity contribution >= 4 is 5.69 Å². The summed E-state index contributed by atoms with van der Waals surface area (Å²) >= 11 is 0. The summed E-state index contributed by atoms with van der Waals surface area (Å²) in [7, 11) is 1.70. The van der Waals surface area contributed by atoms with Gasteiger partial charge in [0.2, 0.25) is 0 Å². The van der Waals surface area contributed by atoms with Crippen molar-refractivity contribution in [2.24, 2.45) is 0 Å². The van der Waals surface area contributed by atoms with Crippen LogP contribution in [0.15, 0.2) is 0 Å². The molecule has 0 aromatic heterocycles. The summed E-state index contributed by atoms with van der Waals surface area (Å²) in [4.78, 5) is 0. The van der Waals surface area contributed by atoms with Gasteiger partial charge >= 0.3 is 0 Å². The third-order valence-corrected chi connectivity index (χ3v) is 3.39. The third-order valence-electron chi connectivity index (χ3n) is 3.39. The van der Waals surface area contributed by atoms with Crippen LogP contribution in [0.3, 0.4) is 0 Å². The Bertz CT molecular complexity index is 340. The van der Waals surface area contributed by atoms with Gasteiger partial charge in [-0.05, 0) is 62.4 Å². The molecule has 2 heteroatoms. The number of ether oxygens (including phenoxy) is 1. The van der Waals surface area contributed by atoms with E-state index >= 15 is 0 Å². The van der Waals surface area contributed by atoms with E-state index < -0.39 is 0 Å². The summed E-state index contributed by atoms with van der Waals surface area (Å²) in [5.74, 6) is 0. The Morgan fingerprint density at radius 1 is 0.800 bits per heavy atom. The minimum absolute atomic E-state index is 0.559. The average Bonchev–Trinajstić information content (AvgIpc) is 2.24. The maximum Gasteiger partial charge on any atom is 0.116 e. The minimum atomic E-state index is 0.559. The van der Waals surface area contributed by atoms with Gasteiger partial charge in [-0.1, -0.05) is 0 Å². The van der Waals surface area contributed by atoms with Gasteiger partial charge < -0.3 is 10.1 Å². The van der Waals surface area contributed by atoms with E-state index in [-0.39, 0.29) is 0 Å². The molecule has 0 saturated heterocycles. The third kappa shape index (κ3) is 2.15. The predicted octanol–water partition coefficient (Wildman–Crippen LogP) is 3.24. The first-order valence-electron chi connectivity index (χ1n) is 5.30. The van der Waals surface area contributed by atoms with Crippen LogP contribution < -0.4 is 5.32 Å². The lowest BCUT2D eigenvalue weighted by Crippen LogP contribution is -2.09. The van der Waals surface area contributed by atoms with Crippen molar-refractivity contribution in [3.63, 3.8) is 0 Å². The van der Waals surface area contributed by atoms with Crippen molar-refractivity contribution in [1.82, 2.24) is 0 Å². The van der Waals surface area contributed by atoms with Crippen LogP contribution in [-0.2, 0) is 4.74 Å². The maximum absolute atomic E-state index is 5.05. The molecule has 0 heterocycles. The van der Waals surface area contributed by atoms with Gasteiger partial charge in [-0.2, -0.15) is 0 Å². The van der Waals surface area contributed by atoms with Gasteiger partial charge in [0, 0.05) is 12.8 Å². The summed E-state index contributed by atoms with van der Waals surface area (Å²) in [6.45, 7) is 11.4. The van der Waals surface area contributed by atoms with Crippen LogP contribution in [0, 0.1) is 34.6 Å². The molecule has 0 radical (unpaired) electrons. The van der Waals surface area contributed by atoms with Gasteiger partial charge in [-0.15, -0.1) is 0 Å². The van der Waals surface area contributed by atoms with E-state index in [0.29, 0.717) is 6.73 Å². The molecule has 84 valence electrons. The van der Waals surface area contributed by atoms with Crippen molar-refractivity contribution in [2.75, 3.05) is 19.2 Å². The average molecular weight is 207 g/mol. The molecule has 1 aromatic rings. The normalized spacial score (nSPS) is 10.5. The van der Waals surface area contributed by atoms with Crippen LogP contribution in [0.1, 0.15) is 27.8 Å². The molecule has 1 aromatic carbocycles. The van der Waals surface area contributed by atoms with E-state index in [1.54, 1.807) is 7.11 Å². The highest BCUT2D eigenvalue weighted by molar-refractivity contribution is 5.64. The largest absolute Gasteiger partial charge is 0.365 e. The molecule has 0 bridgehead atoms. The van der Waals surface area contributed by atoms with Gasteiger partial charge in [0.1, 0.15) is 6.73 Å². The van der Waals surface area contributed by atoms with Crippen LogP contribution in [-0.4, -0.2) is 13.8 Å². The molecule has 1 N–H and O–H groups in total. The van der Waals surface area contributed by atoms with Crippen LogP contribution in [0.2, 0.25) is 0 Å². The molecule has 0 saturated carbocycles. The summed E-state index contributed by atoms with van der Waals surface area (Å²) in [5, 5.41) is 3.32. The van der Waals surface area contributed by atoms with E-state index in [9.17, 15) is 0 Å². The number of methoxy groups -OCH3 is 1. The van der Waals surface area contributed by atoms with E-state index in [2.05, 4.69) is 39.9 Å². The van der Waals surface area contributed by atoms with E-state index in [1.165, 1.54) is 33.5 Å². The zero-order valence-corrected chi connectivity index (χ0v) is 10.6. The Morgan fingerprint density at radius 3 is 1.60 bits per heavy atom. The Labute approximate surface area is 92.6 Å². The van der Waals surface area contributed by atoms with Crippen molar-refractivity contribution in [3.8, 4) is 0 Å². The highest BCUT2D eigenvalue weighted by Gasteiger charge is 2.11. The predicted molar refractivity (Wildman–Crippen MR) is 65.6 cm³/mol. The molecule has 2 nitrogen and oxygen atoms in total. The molecule has 0 aliphatic carbocycles. The van der Waals surface area contributed by atoms with Gasteiger partial charge in [0.05, 0.1) is 0 Å². The molecule has 0 aliphatic heterocycles. The molecule has 15 heavy (non-hydrogen) atoms. The number of hydrogen-bond acceptors (Lipinski definition) is 2. The molecule has 0 unspecified atom stereocenters. The van der Waals surface area contributed by atoms with Crippen LogP contribution in [0.5, 0.6) is 0 Å². The number of rotatable bonds is 3. The van der Waals surface area contributed by atoms with Crippen molar-refractivity contribution < 1.29 is 4.74 Å². The van der Waals surface area contributed by atoms with Gasteiger partial charge in [-0.25, -0.2) is 0 Å². The Morgan fingerprint density at radius 2 is 1.20 bits per heavy atom. The molecule has 0 fully saturated rings. The molecule has 1 rings (SSSR count). The fraction of sp³-hybridized carbons (Fsp3) is 0.538. The second kappa shape index (κ2) is 4.67. The number of benzene rings is 1. The first-order valence-corrected chi connectivity index (χ1v) is 5.30. The van der Waals surface area contributed by atoms with Crippen molar-refractivity contribution in [2.45, 2.75) is 34.6 Å². The quantitative estimate of drug-likeness (QED) is 0.768. The number of nitrogens with one attached hydrogen (secondary N) is 1. The molecule has 0 spiro atoms. The zero-order valence-electron chi connectivity index (χ0n) is 10.6. The topological polar surface area (TPSA) is 21.3 Å². The zero-order chi connectivity index (χ0) is 11.6. The monoisotopic (exact) mass is 207 g/mol. The van der Waals surface area contributed by atoms with E-state index in [1.807, 2.05) is 0 Å². The molecule has 0 aliphatic rings. The second-order valence-corrected chi connectivity index (χ2v) is 4.11. The summed E-state index contributed by atoms with van der Waals surface area (Å²) in [6.07, 6.45) is 0. The summed E-state index contributed by atoms with van der Waals surface area (Å²) in [5.41, 5.74) is 8.01. The van der Waals surface area contributed by atoms with Crippen molar-refractivity contribution in [3.05, 3.63) is 27.8 Å². The molecule has 0 amide bonds. The van der Waals surface area contributed by atoms with Crippen LogP contribution in [0.25, 0.3) is 0 Å². The maximum atomic E-state index is 5.05. The lowest BCUT2D eigenvalue weighted by Gasteiger charge is -2.19. The van der Waals surface area contributed by atoms with Crippen LogP contribution >= 0.6 is 0 Å². The SMILES string of the molecule is COCNc1c(C)c(C)c(C)c(C)c1C. The fourth-order valence-electron chi connectivity index (χ4n) is 1.91. The minimum Gasteiger partial charge on any atom is -0.365 e. The smallest absolute Gasteiger partial charge is 0.116 e. The molecular weight excluding hydrogens is 186 g/mol. The van der Waals surface area contributed by atoms with Gasteiger partial charge in [0.25, 0.3) is 0 Å². The molecular formula is C13H21NO. The van der Waals surface area contributed by atoms with E-state index in [0.717, 1.165) is 0 Å². The molecule has 0 atom stereocenters. The lowest BCUT2D eigenvalue weighted by molar-refractivity contribution is 0.221. The summed E-state index contributed by atoms with van der Waals surface area (Å²) < 4.78 is 5.05. The van der Waals surface area contributed by atoms with Gasteiger partial charge in [-0.3, -0.25) is 0 Å². The van der Waals surface area contributed by atoms with Gasteiger partial charge in [0.15, 0.2) is 0 Å². The first kappa shape index (κ1) is 12.1. The highest BCUT2D eigenvalue weighted by atomic mass is 16.5.